The number of hydrogen-bond acceptors (Lipinski definition) is 3. The molecular formula is C14H16NO2-. The molecule has 0 saturated carbocycles. The van der Waals surface area contributed by atoms with Crippen LogP contribution in [0.1, 0.15) is 38.8 Å². The first kappa shape index (κ1) is 10.8. The summed E-state index contributed by atoms with van der Waals surface area (Å²) in [5.41, 5.74) is 2.04. The summed E-state index contributed by atoms with van der Waals surface area (Å²) in [6.45, 7) is 7.86. The van der Waals surface area contributed by atoms with Crippen molar-refractivity contribution in [2.24, 2.45) is 0 Å². The zero-order chi connectivity index (χ0) is 12.4. The molecule has 3 rings (SSSR count). The molecule has 0 N–H and O–H groups in total. The molecule has 0 amide bonds. The summed E-state index contributed by atoms with van der Waals surface area (Å²) in [5, 5.41) is 14.6. The number of furan rings is 1. The molecule has 0 unspecified atom stereocenters. The Kier molecular flexibility index (Phi) is 1.86. The number of hydrogen-bond donors (Lipinski definition) is 0. The van der Waals surface area contributed by atoms with Crippen molar-refractivity contribution in [1.29, 1.82) is 0 Å². The van der Waals surface area contributed by atoms with Gasteiger partial charge in [-0.05, 0) is 57.0 Å². The predicted octanol–water partition coefficient (Wildman–Crippen LogP) is 3.72. The van der Waals surface area contributed by atoms with Gasteiger partial charge in [-0.25, -0.2) is 0 Å². The molecule has 2 aromatic rings. The van der Waals surface area contributed by atoms with Crippen LogP contribution < -0.4 is 0 Å². The maximum atomic E-state index is 12.4. The quantitative estimate of drug-likeness (QED) is 0.692. The SMILES string of the molecule is CC1(C)c2cc3ccoc3cc2C(C)(C)N1[O-]. The first-order valence-electron chi connectivity index (χ1n) is 5.85. The summed E-state index contributed by atoms with van der Waals surface area (Å²) in [7, 11) is 0. The van der Waals surface area contributed by atoms with E-state index in [1.807, 2.05) is 39.8 Å². The van der Waals surface area contributed by atoms with Gasteiger partial charge in [0.1, 0.15) is 5.58 Å². The van der Waals surface area contributed by atoms with E-state index >= 15 is 0 Å². The Morgan fingerprint density at radius 3 is 2.29 bits per heavy atom. The van der Waals surface area contributed by atoms with E-state index in [0.29, 0.717) is 0 Å². The van der Waals surface area contributed by atoms with Gasteiger partial charge < -0.3 is 14.7 Å². The first-order valence-corrected chi connectivity index (χ1v) is 5.85. The van der Waals surface area contributed by atoms with Crippen molar-refractivity contribution >= 4 is 11.0 Å². The van der Waals surface area contributed by atoms with Gasteiger partial charge in [0.2, 0.25) is 0 Å². The Bertz CT molecular complexity index is 545. The number of rotatable bonds is 0. The highest BCUT2D eigenvalue weighted by Gasteiger charge is 2.43. The molecule has 2 heterocycles. The molecule has 0 bridgehead atoms. The zero-order valence-electron chi connectivity index (χ0n) is 10.6. The third-order valence-corrected chi connectivity index (χ3v) is 3.93. The molecule has 0 radical (unpaired) electrons. The summed E-state index contributed by atoms with van der Waals surface area (Å²) in [6, 6.07) is 6.02. The molecule has 0 fully saturated rings. The molecule has 17 heavy (non-hydrogen) atoms. The second-order valence-corrected chi connectivity index (χ2v) is 5.77. The van der Waals surface area contributed by atoms with E-state index < -0.39 is 11.1 Å². The predicted molar refractivity (Wildman–Crippen MR) is 67.5 cm³/mol. The summed E-state index contributed by atoms with van der Waals surface area (Å²) >= 11 is 0. The van der Waals surface area contributed by atoms with E-state index in [0.717, 1.165) is 22.1 Å². The van der Waals surface area contributed by atoms with E-state index in [1.54, 1.807) is 6.26 Å². The highest BCUT2D eigenvalue weighted by atomic mass is 16.5. The van der Waals surface area contributed by atoms with Crippen molar-refractivity contribution in [2.45, 2.75) is 38.8 Å². The lowest BCUT2D eigenvalue weighted by atomic mass is 9.90. The standard InChI is InChI=1S/C14H16NO2/c1-13(2)10-7-9-5-6-17-12(9)8-11(10)14(3,4)15(13)16/h5-8H,1-4H3/q-1. The second-order valence-electron chi connectivity index (χ2n) is 5.77. The third kappa shape index (κ3) is 1.18. The van der Waals surface area contributed by atoms with Crippen LogP contribution in [0.15, 0.2) is 28.9 Å². The van der Waals surface area contributed by atoms with Crippen molar-refractivity contribution in [2.75, 3.05) is 0 Å². The molecule has 3 heteroatoms. The van der Waals surface area contributed by atoms with Crippen LogP contribution in [0.2, 0.25) is 0 Å². The Morgan fingerprint density at radius 2 is 1.65 bits per heavy atom. The zero-order valence-corrected chi connectivity index (χ0v) is 10.6. The van der Waals surface area contributed by atoms with Crippen molar-refractivity contribution < 1.29 is 4.42 Å². The van der Waals surface area contributed by atoms with E-state index in [1.165, 1.54) is 5.06 Å². The van der Waals surface area contributed by atoms with Crippen LogP contribution in [0, 0.1) is 5.21 Å². The largest absolute Gasteiger partial charge is 0.784 e. The summed E-state index contributed by atoms with van der Waals surface area (Å²) in [4.78, 5) is 0. The lowest BCUT2D eigenvalue weighted by Crippen LogP contribution is -2.40. The highest BCUT2D eigenvalue weighted by Crippen LogP contribution is 2.49. The van der Waals surface area contributed by atoms with Crippen LogP contribution in [-0.4, -0.2) is 5.06 Å². The van der Waals surface area contributed by atoms with Crippen LogP contribution in [0.3, 0.4) is 0 Å². The van der Waals surface area contributed by atoms with Gasteiger partial charge in [-0.15, -0.1) is 0 Å². The highest BCUT2D eigenvalue weighted by molar-refractivity contribution is 5.80. The van der Waals surface area contributed by atoms with Crippen molar-refractivity contribution in [3.8, 4) is 0 Å². The molecule has 0 aliphatic carbocycles. The smallest absolute Gasteiger partial charge is 0.134 e. The fourth-order valence-corrected chi connectivity index (χ4v) is 2.94. The van der Waals surface area contributed by atoms with Gasteiger partial charge >= 0.3 is 0 Å². The maximum Gasteiger partial charge on any atom is 0.134 e. The molecule has 1 aromatic heterocycles. The van der Waals surface area contributed by atoms with Crippen LogP contribution in [0.4, 0.5) is 0 Å². The van der Waals surface area contributed by atoms with Crippen LogP contribution >= 0.6 is 0 Å². The Morgan fingerprint density at radius 1 is 1.06 bits per heavy atom. The fraction of sp³-hybridized carbons (Fsp3) is 0.429. The molecular weight excluding hydrogens is 214 g/mol. The number of nitrogens with zero attached hydrogens (tertiary/aromatic N) is 1. The van der Waals surface area contributed by atoms with Crippen molar-refractivity contribution in [3.05, 3.63) is 40.8 Å². The average molecular weight is 230 g/mol. The topological polar surface area (TPSA) is 39.4 Å². The summed E-state index contributed by atoms with van der Waals surface area (Å²) in [5.74, 6) is 0. The van der Waals surface area contributed by atoms with E-state index in [-0.39, 0.29) is 0 Å². The van der Waals surface area contributed by atoms with Gasteiger partial charge in [0.25, 0.3) is 0 Å². The normalized spacial score (nSPS) is 21.9. The van der Waals surface area contributed by atoms with Crippen LogP contribution in [0.5, 0.6) is 0 Å². The molecule has 0 atom stereocenters. The number of hydroxylamine groups is 2. The molecule has 0 saturated heterocycles. The molecule has 0 spiro atoms. The molecule has 1 aliphatic heterocycles. The molecule has 3 nitrogen and oxygen atoms in total. The average Bonchev–Trinajstić information content (AvgIpc) is 2.76. The van der Waals surface area contributed by atoms with E-state index in [9.17, 15) is 5.21 Å². The fourth-order valence-electron chi connectivity index (χ4n) is 2.94. The molecule has 1 aromatic carbocycles. The summed E-state index contributed by atoms with van der Waals surface area (Å²) in [6.07, 6.45) is 1.69. The van der Waals surface area contributed by atoms with Gasteiger partial charge in [-0.3, -0.25) is 0 Å². The minimum Gasteiger partial charge on any atom is -0.784 e. The van der Waals surface area contributed by atoms with Gasteiger partial charge in [0, 0.05) is 16.5 Å². The van der Waals surface area contributed by atoms with Gasteiger partial charge in [-0.2, -0.15) is 0 Å². The monoisotopic (exact) mass is 230 g/mol. The van der Waals surface area contributed by atoms with Crippen LogP contribution in [-0.2, 0) is 11.1 Å². The molecule has 1 aliphatic rings. The number of benzene rings is 1. The number of fused-ring (bicyclic) bond motifs is 2. The van der Waals surface area contributed by atoms with E-state index in [4.69, 9.17) is 4.42 Å². The minimum absolute atomic E-state index is 0.482. The van der Waals surface area contributed by atoms with E-state index in [2.05, 4.69) is 6.07 Å². The summed E-state index contributed by atoms with van der Waals surface area (Å²) < 4.78 is 5.42. The van der Waals surface area contributed by atoms with Gasteiger partial charge in [0.05, 0.1) is 6.26 Å². The lowest BCUT2D eigenvalue weighted by Gasteiger charge is -2.46. The Balaban J connectivity index is 2.38. The Labute approximate surface area is 101 Å². The molecule has 90 valence electrons. The third-order valence-electron chi connectivity index (χ3n) is 3.93. The minimum atomic E-state index is -0.500. The second kappa shape index (κ2) is 2.92. The van der Waals surface area contributed by atoms with Gasteiger partial charge in [-0.1, -0.05) is 0 Å². The first-order chi connectivity index (χ1) is 7.85. The van der Waals surface area contributed by atoms with Crippen molar-refractivity contribution in [1.82, 2.24) is 5.06 Å². The van der Waals surface area contributed by atoms with Crippen molar-refractivity contribution in [3.63, 3.8) is 0 Å². The van der Waals surface area contributed by atoms with Crippen LogP contribution in [0.25, 0.3) is 11.0 Å². The Hall–Kier alpha value is -1.32. The van der Waals surface area contributed by atoms with Gasteiger partial charge in [0.15, 0.2) is 0 Å². The maximum absolute atomic E-state index is 12.4. The lowest BCUT2D eigenvalue weighted by molar-refractivity contribution is 0.101.